The first-order valence-electron chi connectivity index (χ1n) is 4.77. The van der Waals surface area contributed by atoms with Crippen LogP contribution < -0.4 is 4.74 Å². The van der Waals surface area contributed by atoms with Gasteiger partial charge in [0.15, 0.2) is 0 Å². The average Bonchev–Trinajstić information content (AvgIpc) is 2.28. The van der Waals surface area contributed by atoms with Gasteiger partial charge in [-0.2, -0.15) is 13.2 Å². The Morgan fingerprint density at radius 1 is 1.11 bits per heavy atom. The van der Waals surface area contributed by atoms with Crippen molar-refractivity contribution in [1.29, 1.82) is 0 Å². The highest BCUT2D eigenvalue weighted by molar-refractivity contribution is 9.10. The van der Waals surface area contributed by atoms with E-state index in [1.165, 1.54) is 6.20 Å². The molecule has 0 aliphatic heterocycles. The number of ether oxygens (including phenoxy) is 1. The van der Waals surface area contributed by atoms with E-state index in [9.17, 15) is 13.2 Å². The summed E-state index contributed by atoms with van der Waals surface area (Å²) in [6, 6.07) is 3.70. The Hall–Kier alpha value is -1.63. The molecular weight excluding hydrogens is 313 g/mol. The Morgan fingerprint density at radius 3 is 2.44 bits per heavy atom. The van der Waals surface area contributed by atoms with Crippen LogP contribution in [0, 0.1) is 0 Å². The van der Waals surface area contributed by atoms with Gasteiger partial charge in [-0.15, -0.1) is 0 Å². The van der Waals surface area contributed by atoms with E-state index in [-0.39, 0.29) is 5.88 Å². The van der Waals surface area contributed by atoms with Crippen molar-refractivity contribution in [3.8, 4) is 11.6 Å². The number of aromatic nitrogens is 2. The van der Waals surface area contributed by atoms with E-state index in [4.69, 9.17) is 4.74 Å². The number of rotatable bonds is 2. The SMILES string of the molecule is FC(F)(F)c1ccc(Oc2cncc(Br)c2)nc1. The smallest absolute Gasteiger partial charge is 0.417 e. The van der Waals surface area contributed by atoms with Gasteiger partial charge in [-0.1, -0.05) is 0 Å². The van der Waals surface area contributed by atoms with Crippen LogP contribution in [-0.4, -0.2) is 9.97 Å². The lowest BCUT2D eigenvalue weighted by Crippen LogP contribution is -2.05. The third-order valence-corrected chi connectivity index (χ3v) is 2.40. The van der Waals surface area contributed by atoms with E-state index in [1.807, 2.05) is 0 Å². The van der Waals surface area contributed by atoms with Crippen molar-refractivity contribution in [3.05, 3.63) is 46.8 Å². The van der Waals surface area contributed by atoms with Crippen molar-refractivity contribution in [2.45, 2.75) is 6.18 Å². The van der Waals surface area contributed by atoms with Crippen LogP contribution in [0.5, 0.6) is 11.6 Å². The molecule has 0 unspecified atom stereocenters. The molecule has 2 aromatic rings. The van der Waals surface area contributed by atoms with Crippen molar-refractivity contribution < 1.29 is 17.9 Å². The summed E-state index contributed by atoms with van der Waals surface area (Å²) in [5.41, 5.74) is -0.817. The van der Waals surface area contributed by atoms with Crippen molar-refractivity contribution in [3.63, 3.8) is 0 Å². The molecule has 2 rings (SSSR count). The molecule has 2 aromatic heterocycles. The molecule has 7 heteroatoms. The van der Waals surface area contributed by atoms with Gasteiger partial charge in [-0.25, -0.2) is 4.98 Å². The summed E-state index contributed by atoms with van der Waals surface area (Å²) in [6.45, 7) is 0. The largest absolute Gasteiger partial charge is 0.437 e. The Morgan fingerprint density at radius 2 is 1.89 bits per heavy atom. The molecule has 0 bridgehead atoms. The second-order valence-electron chi connectivity index (χ2n) is 3.32. The number of hydrogen-bond donors (Lipinski definition) is 0. The van der Waals surface area contributed by atoms with Gasteiger partial charge in [0.05, 0.1) is 11.8 Å². The van der Waals surface area contributed by atoms with Crippen LogP contribution in [0.3, 0.4) is 0 Å². The van der Waals surface area contributed by atoms with Crippen molar-refractivity contribution in [2.75, 3.05) is 0 Å². The lowest BCUT2D eigenvalue weighted by Gasteiger charge is -2.07. The second kappa shape index (κ2) is 4.93. The molecule has 0 aliphatic carbocycles. The van der Waals surface area contributed by atoms with Crippen LogP contribution in [0.4, 0.5) is 13.2 Å². The topological polar surface area (TPSA) is 35.0 Å². The van der Waals surface area contributed by atoms with E-state index in [0.29, 0.717) is 10.2 Å². The summed E-state index contributed by atoms with van der Waals surface area (Å²) in [5.74, 6) is 0.458. The molecule has 3 nitrogen and oxygen atoms in total. The first-order valence-corrected chi connectivity index (χ1v) is 5.56. The number of hydrogen-bond acceptors (Lipinski definition) is 3. The van der Waals surface area contributed by atoms with E-state index in [2.05, 4.69) is 25.9 Å². The zero-order chi connectivity index (χ0) is 13.2. The van der Waals surface area contributed by atoms with Gasteiger partial charge in [0.25, 0.3) is 0 Å². The molecule has 0 fully saturated rings. The van der Waals surface area contributed by atoms with E-state index in [1.54, 1.807) is 12.3 Å². The van der Waals surface area contributed by atoms with Crippen LogP contribution in [-0.2, 0) is 6.18 Å². The third kappa shape index (κ3) is 3.19. The predicted octanol–water partition coefficient (Wildman–Crippen LogP) is 4.05. The minimum Gasteiger partial charge on any atom is -0.437 e. The quantitative estimate of drug-likeness (QED) is 0.837. The zero-order valence-corrected chi connectivity index (χ0v) is 10.4. The van der Waals surface area contributed by atoms with Gasteiger partial charge in [-0.3, -0.25) is 4.98 Å². The fourth-order valence-electron chi connectivity index (χ4n) is 1.18. The molecule has 0 atom stereocenters. The minimum atomic E-state index is -4.40. The molecule has 0 N–H and O–H groups in total. The summed E-state index contributed by atoms with van der Waals surface area (Å²) >= 11 is 3.20. The summed E-state index contributed by atoms with van der Waals surface area (Å²) in [5, 5.41) is 0. The van der Waals surface area contributed by atoms with Gasteiger partial charge in [0.1, 0.15) is 5.75 Å². The minimum absolute atomic E-state index is 0.0721. The highest BCUT2D eigenvalue weighted by atomic mass is 79.9. The first-order chi connectivity index (χ1) is 8.45. The molecule has 0 aliphatic rings. The van der Waals surface area contributed by atoms with Crippen LogP contribution in [0.25, 0.3) is 0 Å². The summed E-state index contributed by atoms with van der Waals surface area (Å²) in [7, 11) is 0. The van der Waals surface area contributed by atoms with E-state index >= 15 is 0 Å². The summed E-state index contributed by atoms with van der Waals surface area (Å²) in [6.07, 6.45) is -0.680. The van der Waals surface area contributed by atoms with Crippen molar-refractivity contribution >= 4 is 15.9 Å². The fraction of sp³-hybridized carbons (Fsp3) is 0.0909. The Bertz CT molecular complexity index is 543. The first kappa shape index (κ1) is 12.8. The molecule has 0 saturated carbocycles. The average molecular weight is 319 g/mol. The normalized spacial score (nSPS) is 11.3. The van der Waals surface area contributed by atoms with E-state index in [0.717, 1.165) is 18.3 Å². The maximum absolute atomic E-state index is 12.3. The lowest BCUT2D eigenvalue weighted by atomic mass is 10.3. The summed E-state index contributed by atoms with van der Waals surface area (Å²) < 4.78 is 42.9. The molecule has 94 valence electrons. The highest BCUT2D eigenvalue weighted by Crippen LogP contribution is 2.30. The van der Waals surface area contributed by atoms with Gasteiger partial charge in [0, 0.05) is 22.9 Å². The maximum Gasteiger partial charge on any atom is 0.417 e. The molecule has 0 amide bonds. The van der Waals surface area contributed by atoms with Crippen molar-refractivity contribution in [1.82, 2.24) is 9.97 Å². The second-order valence-corrected chi connectivity index (χ2v) is 4.24. The Balaban J connectivity index is 2.16. The molecular formula is C11H6BrF3N2O. The molecule has 2 heterocycles. The standard InChI is InChI=1S/C11H6BrF3N2O/c12-8-3-9(6-16-5-8)18-10-2-1-7(4-17-10)11(13,14)15/h1-6H. The monoisotopic (exact) mass is 318 g/mol. The zero-order valence-electron chi connectivity index (χ0n) is 8.78. The molecule has 0 spiro atoms. The van der Waals surface area contributed by atoms with Gasteiger partial charge in [-0.05, 0) is 28.1 Å². The predicted molar refractivity (Wildman–Crippen MR) is 61.3 cm³/mol. The molecule has 0 radical (unpaired) electrons. The lowest BCUT2D eigenvalue weighted by molar-refractivity contribution is -0.137. The highest BCUT2D eigenvalue weighted by Gasteiger charge is 2.30. The van der Waals surface area contributed by atoms with Gasteiger partial charge >= 0.3 is 6.18 Å². The maximum atomic E-state index is 12.3. The molecule has 0 aromatic carbocycles. The van der Waals surface area contributed by atoms with E-state index < -0.39 is 11.7 Å². The van der Waals surface area contributed by atoms with Gasteiger partial charge < -0.3 is 4.74 Å². The van der Waals surface area contributed by atoms with Crippen LogP contribution in [0.15, 0.2) is 41.3 Å². The summed E-state index contributed by atoms with van der Waals surface area (Å²) in [4.78, 5) is 7.44. The molecule has 0 saturated heterocycles. The number of nitrogens with zero attached hydrogens (tertiary/aromatic N) is 2. The third-order valence-electron chi connectivity index (χ3n) is 1.97. The van der Waals surface area contributed by atoms with Gasteiger partial charge in [0.2, 0.25) is 5.88 Å². The number of pyridine rings is 2. The number of halogens is 4. The van der Waals surface area contributed by atoms with Crippen LogP contribution in [0.2, 0.25) is 0 Å². The van der Waals surface area contributed by atoms with Crippen LogP contribution >= 0.6 is 15.9 Å². The van der Waals surface area contributed by atoms with Crippen LogP contribution in [0.1, 0.15) is 5.56 Å². The van der Waals surface area contributed by atoms with Crippen molar-refractivity contribution in [2.24, 2.45) is 0 Å². The number of alkyl halides is 3. The Labute approximate surface area is 109 Å². The Kier molecular flexibility index (Phi) is 3.51. The molecule has 18 heavy (non-hydrogen) atoms. The fourth-order valence-corrected chi connectivity index (χ4v) is 1.52.